The number of hydrogen-bond acceptors (Lipinski definition) is 6. The molecule has 0 aromatic rings. The van der Waals surface area contributed by atoms with Gasteiger partial charge in [-0.15, -0.1) is 0 Å². The van der Waals surface area contributed by atoms with Crippen LogP contribution in [0.1, 0.15) is 290 Å². The number of aliphatic hydroxyl groups is 1. The van der Waals surface area contributed by atoms with E-state index in [0.717, 1.165) is 51.4 Å². The summed E-state index contributed by atoms with van der Waals surface area (Å²) in [6.45, 7) is 4.65. The van der Waals surface area contributed by atoms with E-state index in [9.17, 15) is 19.4 Å². The van der Waals surface area contributed by atoms with E-state index in [-0.39, 0.29) is 12.5 Å². The minimum atomic E-state index is -4.61. The quantitative estimate of drug-likeness (QED) is 0.0272. The Kier molecular flexibility index (Phi) is 53.6. The van der Waals surface area contributed by atoms with E-state index >= 15 is 0 Å². The van der Waals surface area contributed by atoms with E-state index in [2.05, 4.69) is 67.8 Å². The lowest BCUT2D eigenvalue weighted by atomic mass is 10.0. The molecular weight excluding hydrogens is 924 g/mol. The predicted molar refractivity (Wildman–Crippen MR) is 316 cm³/mol. The number of unbranched alkanes of at least 4 members (excludes halogenated alkanes) is 36. The maximum Gasteiger partial charge on any atom is 0.268 e. The van der Waals surface area contributed by atoms with Gasteiger partial charge in [0.05, 0.1) is 39.9 Å². The molecule has 0 bridgehead atoms. The van der Waals surface area contributed by atoms with Gasteiger partial charge in [0.2, 0.25) is 5.91 Å². The van der Waals surface area contributed by atoms with E-state index in [1.165, 1.54) is 218 Å². The van der Waals surface area contributed by atoms with Crippen LogP contribution < -0.4 is 10.2 Å². The fraction of sp³-hybridized carbons (Fsp3) is 0.828. The molecule has 0 saturated carbocycles. The molecule has 0 aliphatic heterocycles. The van der Waals surface area contributed by atoms with Crippen molar-refractivity contribution < 1.29 is 32.9 Å². The summed E-state index contributed by atoms with van der Waals surface area (Å²) >= 11 is 0. The molecule has 0 heterocycles. The highest BCUT2D eigenvalue weighted by molar-refractivity contribution is 7.45. The predicted octanol–water partition coefficient (Wildman–Crippen LogP) is 18.6. The van der Waals surface area contributed by atoms with Crippen LogP contribution in [-0.2, 0) is 18.4 Å². The molecule has 0 rings (SSSR count). The Bertz CT molecular complexity index is 1370. The van der Waals surface area contributed by atoms with E-state index in [1.54, 1.807) is 6.08 Å². The van der Waals surface area contributed by atoms with Gasteiger partial charge in [0.1, 0.15) is 13.2 Å². The zero-order chi connectivity index (χ0) is 53.5. The standard InChI is InChI=1S/C64H121N2O6P/c1-6-8-10-12-14-16-18-20-22-24-26-28-30-32-33-34-36-38-40-42-44-46-48-50-52-54-56-58-64(68)65-62(61-72-73(69,70)71-60-59-66(3,4)5)63(67)57-55-53-51-49-47-45-43-41-39-37-35-31-29-27-25-23-21-19-17-15-13-11-9-7-2/h26,28,32-33,39,41,47,49,55,57,62-63,67H,6-25,27,29-31,34-38,40,42-46,48,50-54,56,58-61H2,1-5H3,(H-,65,68,69,70)/b28-26-,33-32-,41-39+,49-47+,57-55+. The normalized spacial score (nSPS) is 14.2. The van der Waals surface area contributed by atoms with Crippen molar-refractivity contribution in [3.05, 3.63) is 60.8 Å². The summed E-state index contributed by atoms with van der Waals surface area (Å²) in [6.07, 6.45) is 74.6. The van der Waals surface area contributed by atoms with Crippen LogP contribution in [0.15, 0.2) is 60.8 Å². The first-order valence-corrected chi connectivity index (χ1v) is 32.6. The second kappa shape index (κ2) is 55.0. The second-order valence-corrected chi connectivity index (χ2v) is 23.8. The highest BCUT2D eigenvalue weighted by Crippen LogP contribution is 2.38. The molecule has 9 heteroatoms. The van der Waals surface area contributed by atoms with Gasteiger partial charge >= 0.3 is 0 Å². The lowest BCUT2D eigenvalue weighted by Gasteiger charge is -2.29. The summed E-state index contributed by atoms with van der Waals surface area (Å²) in [5, 5.41) is 13.9. The number of nitrogens with zero attached hydrogens (tertiary/aromatic N) is 1. The van der Waals surface area contributed by atoms with Gasteiger partial charge in [-0.2, -0.15) is 0 Å². The summed E-state index contributed by atoms with van der Waals surface area (Å²) in [5.74, 6) is -0.212. The molecule has 73 heavy (non-hydrogen) atoms. The first-order chi connectivity index (χ1) is 35.5. The highest BCUT2D eigenvalue weighted by atomic mass is 31.2. The van der Waals surface area contributed by atoms with E-state index < -0.39 is 26.6 Å². The van der Waals surface area contributed by atoms with Gasteiger partial charge in [-0.05, 0) is 77.0 Å². The third-order valence-corrected chi connectivity index (χ3v) is 14.9. The van der Waals surface area contributed by atoms with Crippen molar-refractivity contribution in [3.63, 3.8) is 0 Å². The number of nitrogens with one attached hydrogen (secondary N) is 1. The number of amides is 1. The van der Waals surface area contributed by atoms with Gasteiger partial charge in [0, 0.05) is 6.42 Å². The SMILES string of the molecule is CCCCCCCCCCC/C=C\C/C=C\CCCCCCCCCCCCCC(=O)NC(COP(=O)([O-])OCC[N+](C)(C)C)C(O)/C=C/CC/C=C/CC/C=C/CCCCCCCCCCCCCCCC. The topological polar surface area (TPSA) is 108 Å². The van der Waals surface area contributed by atoms with Crippen molar-refractivity contribution in [1.29, 1.82) is 0 Å². The fourth-order valence-electron chi connectivity index (χ4n) is 9.04. The minimum Gasteiger partial charge on any atom is -0.756 e. The average molecular weight is 1050 g/mol. The molecule has 1 amide bonds. The first-order valence-electron chi connectivity index (χ1n) is 31.2. The number of carbonyl (C=O) groups excluding carboxylic acids is 1. The molecule has 428 valence electrons. The third-order valence-electron chi connectivity index (χ3n) is 13.9. The van der Waals surface area contributed by atoms with E-state index in [0.29, 0.717) is 17.4 Å². The monoisotopic (exact) mass is 1040 g/mol. The van der Waals surface area contributed by atoms with Crippen molar-refractivity contribution in [3.8, 4) is 0 Å². The molecule has 0 fully saturated rings. The molecule has 0 saturated heterocycles. The fourth-order valence-corrected chi connectivity index (χ4v) is 9.76. The van der Waals surface area contributed by atoms with Crippen LogP contribution in [0, 0.1) is 0 Å². The Balaban J connectivity index is 4.23. The molecule has 2 N–H and O–H groups in total. The van der Waals surface area contributed by atoms with Crippen LogP contribution in [0.25, 0.3) is 0 Å². The maximum absolute atomic E-state index is 13.0. The largest absolute Gasteiger partial charge is 0.756 e. The highest BCUT2D eigenvalue weighted by Gasteiger charge is 2.23. The lowest BCUT2D eigenvalue weighted by molar-refractivity contribution is -0.870. The average Bonchev–Trinajstić information content (AvgIpc) is 3.35. The van der Waals surface area contributed by atoms with Crippen LogP contribution in [-0.4, -0.2) is 68.5 Å². The number of likely N-dealkylation sites (N-methyl/N-ethyl adjacent to an activating group) is 1. The Morgan fingerprint density at radius 2 is 0.808 bits per heavy atom. The van der Waals surface area contributed by atoms with Gasteiger partial charge < -0.3 is 28.8 Å². The molecule has 3 unspecified atom stereocenters. The van der Waals surface area contributed by atoms with Gasteiger partial charge in [-0.3, -0.25) is 9.36 Å². The molecule has 8 nitrogen and oxygen atoms in total. The lowest BCUT2D eigenvalue weighted by Crippen LogP contribution is -2.45. The van der Waals surface area contributed by atoms with Gasteiger partial charge in [-0.25, -0.2) is 0 Å². The summed E-state index contributed by atoms with van der Waals surface area (Å²) < 4.78 is 23.4. The maximum atomic E-state index is 13.0. The molecule has 0 aromatic heterocycles. The number of rotatable bonds is 57. The molecule has 0 aromatic carbocycles. The number of phosphoric ester groups is 1. The van der Waals surface area contributed by atoms with Gasteiger partial charge in [-0.1, -0.05) is 267 Å². The summed E-state index contributed by atoms with van der Waals surface area (Å²) in [7, 11) is 1.24. The van der Waals surface area contributed by atoms with Crippen LogP contribution in [0.2, 0.25) is 0 Å². The van der Waals surface area contributed by atoms with Crippen LogP contribution in [0.3, 0.4) is 0 Å². The van der Waals surface area contributed by atoms with Crippen molar-refractivity contribution in [2.24, 2.45) is 0 Å². The Morgan fingerprint density at radius 3 is 1.19 bits per heavy atom. The molecular formula is C64H121N2O6P. The van der Waals surface area contributed by atoms with Crippen molar-refractivity contribution in [2.75, 3.05) is 40.9 Å². The molecule has 3 atom stereocenters. The summed E-state index contributed by atoms with van der Waals surface area (Å²) in [5.41, 5.74) is 0. The van der Waals surface area contributed by atoms with Crippen LogP contribution in [0.5, 0.6) is 0 Å². The van der Waals surface area contributed by atoms with Gasteiger partial charge in [0.15, 0.2) is 0 Å². The molecule has 0 spiro atoms. The zero-order valence-electron chi connectivity index (χ0n) is 48.8. The Morgan fingerprint density at radius 1 is 0.479 bits per heavy atom. The van der Waals surface area contributed by atoms with E-state index in [1.807, 2.05) is 27.2 Å². The van der Waals surface area contributed by atoms with Crippen molar-refractivity contribution >= 4 is 13.7 Å². The molecule has 0 radical (unpaired) electrons. The zero-order valence-corrected chi connectivity index (χ0v) is 49.7. The Hall–Kier alpha value is -1.80. The third kappa shape index (κ3) is 57.7. The van der Waals surface area contributed by atoms with E-state index in [4.69, 9.17) is 9.05 Å². The minimum absolute atomic E-state index is 0.0107. The Labute approximate surface area is 453 Å². The number of phosphoric acid groups is 1. The number of aliphatic hydroxyl groups excluding tert-OH is 1. The van der Waals surface area contributed by atoms with Gasteiger partial charge in [0.25, 0.3) is 7.82 Å². The number of allylic oxidation sites excluding steroid dienone is 9. The number of hydrogen-bond donors (Lipinski definition) is 2. The summed E-state index contributed by atoms with van der Waals surface area (Å²) in [4.78, 5) is 25.5. The first kappa shape index (κ1) is 71.2. The second-order valence-electron chi connectivity index (χ2n) is 22.4. The van der Waals surface area contributed by atoms with Crippen LogP contribution in [0.4, 0.5) is 0 Å². The number of carbonyl (C=O) groups is 1. The van der Waals surface area contributed by atoms with Crippen molar-refractivity contribution in [1.82, 2.24) is 5.32 Å². The molecule has 0 aliphatic carbocycles. The summed E-state index contributed by atoms with van der Waals surface area (Å²) in [6, 6.07) is -0.914. The van der Waals surface area contributed by atoms with Crippen molar-refractivity contribution in [2.45, 2.75) is 302 Å². The molecule has 0 aliphatic rings. The number of quaternary nitrogens is 1. The van der Waals surface area contributed by atoms with Crippen LogP contribution >= 0.6 is 7.82 Å². The smallest absolute Gasteiger partial charge is 0.268 e.